The molecule has 0 fully saturated rings. The Morgan fingerprint density at radius 1 is 0.367 bits per heavy atom. The SMILES string of the molecule is c1ccc(N(c2ccc(-c3ccc4ccccc4c3)cc2)c2cccc(-n3c4ccccc4c4cc5oc6ccccc6c5cc43)c2)cc1. The van der Waals surface area contributed by atoms with Crippen LogP contribution in [0.25, 0.3) is 71.3 Å². The van der Waals surface area contributed by atoms with Gasteiger partial charge in [0.15, 0.2) is 0 Å². The van der Waals surface area contributed by atoms with Gasteiger partial charge in [0.1, 0.15) is 11.2 Å². The molecule has 0 unspecified atom stereocenters. The van der Waals surface area contributed by atoms with E-state index in [0.29, 0.717) is 0 Å². The zero-order chi connectivity index (χ0) is 32.3. The molecular weight excluding hydrogens is 597 g/mol. The Bertz CT molecular complexity index is 2830. The van der Waals surface area contributed by atoms with Crippen molar-refractivity contribution < 1.29 is 4.42 Å². The molecule has 0 spiro atoms. The number of furan rings is 1. The number of rotatable bonds is 5. The van der Waals surface area contributed by atoms with Crippen molar-refractivity contribution in [1.82, 2.24) is 4.57 Å². The first kappa shape index (κ1) is 27.5. The van der Waals surface area contributed by atoms with Crippen molar-refractivity contribution in [2.24, 2.45) is 0 Å². The van der Waals surface area contributed by atoms with E-state index in [0.717, 1.165) is 55.7 Å². The third-order valence-corrected chi connectivity index (χ3v) is 9.74. The molecule has 0 aliphatic heterocycles. The highest BCUT2D eigenvalue weighted by Gasteiger charge is 2.18. The summed E-state index contributed by atoms with van der Waals surface area (Å²) in [6, 6.07) is 65.0. The van der Waals surface area contributed by atoms with Crippen molar-refractivity contribution in [3.63, 3.8) is 0 Å². The summed E-state index contributed by atoms with van der Waals surface area (Å²) < 4.78 is 8.70. The summed E-state index contributed by atoms with van der Waals surface area (Å²) >= 11 is 0. The lowest BCUT2D eigenvalue weighted by Crippen LogP contribution is -2.10. The molecule has 3 heteroatoms. The summed E-state index contributed by atoms with van der Waals surface area (Å²) in [5.74, 6) is 0. The molecule has 10 rings (SSSR count). The molecule has 0 aliphatic carbocycles. The van der Waals surface area contributed by atoms with E-state index in [1.807, 2.05) is 12.1 Å². The van der Waals surface area contributed by atoms with Crippen LogP contribution in [0.4, 0.5) is 17.1 Å². The summed E-state index contributed by atoms with van der Waals surface area (Å²) in [4.78, 5) is 2.34. The van der Waals surface area contributed by atoms with Crippen LogP contribution < -0.4 is 4.90 Å². The maximum absolute atomic E-state index is 6.31. The third kappa shape index (κ3) is 4.51. The van der Waals surface area contributed by atoms with E-state index in [9.17, 15) is 0 Å². The number of anilines is 3. The van der Waals surface area contributed by atoms with E-state index < -0.39 is 0 Å². The molecule has 0 bridgehead atoms. The molecule has 0 saturated carbocycles. The Balaban J connectivity index is 1.13. The van der Waals surface area contributed by atoms with E-state index in [2.05, 4.69) is 179 Å². The van der Waals surface area contributed by atoms with Crippen molar-refractivity contribution in [2.45, 2.75) is 0 Å². The lowest BCUT2D eigenvalue weighted by atomic mass is 10.0. The quantitative estimate of drug-likeness (QED) is 0.190. The molecule has 0 radical (unpaired) electrons. The van der Waals surface area contributed by atoms with Gasteiger partial charge in [-0.15, -0.1) is 0 Å². The van der Waals surface area contributed by atoms with E-state index in [1.54, 1.807) is 0 Å². The van der Waals surface area contributed by atoms with E-state index in [1.165, 1.54) is 32.7 Å². The van der Waals surface area contributed by atoms with E-state index in [4.69, 9.17) is 4.42 Å². The maximum Gasteiger partial charge on any atom is 0.136 e. The number of para-hydroxylation sites is 3. The largest absolute Gasteiger partial charge is 0.456 e. The molecule has 3 nitrogen and oxygen atoms in total. The minimum atomic E-state index is 0.910. The molecule has 0 atom stereocenters. The fourth-order valence-corrected chi connectivity index (χ4v) is 7.43. The van der Waals surface area contributed by atoms with Gasteiger partial charge in [-0.1, -0.05) is 109 Å². The first-order valence-corrected chi connectivity index (χ1v) is 16.7. The standard InChI is InChI=1S/C46H30N2O/c1-2-13-35(14-3-1)47(36-25-23-32(24-26-36)34-22-21-31-11-4-5-12-33(31)27-34)37-15-10-16-38(28-37)48-43-19-8-6-17-39(43)41-30-46-42(29-44(41)48)40-18-7-9-20-45(40)49-46/h1-30H. The number of fused-ring (bicyclic) bond motifs is 7. The summed E-state index contributed by atoms with van der Waals surface area (Å²) in [5, 5.41) is 7.14. The fourth-order valence-electron chi connectivity index (χ4n) is 7.43. The van der Waals surface area contributed by atoms with E-state index in [-0.39, 0.29) is 0 Å². The number of nitrogens with zero attached hydrogens (tertiary/aromatic N) is 2. The number of hydrogen-bond donors (Lipinski definition) is 0. The van der Waals surface area contributed by atoms with Gasteiger partial charge in [0.25, 0.3) is 0 Å². The van der Waals surface area contributed by atoms with Crippen LogP contribution in [0.3, 0.4) is 0 Å². The van der Waals surface area contributed by atoms with Crippen molar-refractivity contribution in [3.05, 3.63) is 182 Å². The topological polar surface area (TPSA) is 21.3 Å². The highest BCUT2D eigenvalue weighted by molar-refractivity contribution is 6.17. The minimum Gasteiger partial charge on any atom is -0.456 e. The predicted octanol–water partition coefficient (Wildman–Crippen LogP) is 13.0. The molecule has 2 heterocycles. The van der Waals surface area contributed by atoms with E-state index >= 15 is 0 Å². The van der Waals surface area contributed by atoms with Gasteiger partial charge in [-0.2, -0.15) is 0 Å². The average Bonchev–Trinajstić information content (AvgIpc) is 3.69. The van der Waals surface area contributed by atoms with Crippen LogP contribution in [0.5, 0.6) is 0 Å². The molecule has 10 aromatic rings. The molecule has 0 saturated heterocycles. The average molecular weight is 627 g/mol. The van der Waals surface area contributed by atoms with Crippen LogP contribution in [0.2, 0.25) is 0 Å². The molecule has 2 aromatic heterocycles. The number of benzene rings is 8. The Labute approximate surface area is 283 Å². The molecule has 0 amide bonds. The lowest BCUT2D eigenvalue weighted by molar-refractivity contribution is 0.669. The second-order valence-electron chi connectivity index (χ2n) is 12.6. The zero-order valence-corrected chi connectivity index (χ0v) is 26.6. The minimum absolute atomic E-state index is 0.910. The molecular formula is C46H30N2O. The van der Waals surface area contributed by atoms with Crippen molar-refractivity contribution >= 4 is 71.6 Å². The predicted molar refractivity (Wildman–Crippen MR) is 206 cm³/mol. The van der Waals surface area contributed by atoms with Gasteiger partial charge in [-0.25, -0.2) is 0 Å². The second-order valence-corrected chi connectivity index (χ2v) is 12.6. The molecule has 230 valence electrons. The van der Waals surface area contributed by atoms with Gasteiger partial charge in [0.2, 0.25) is 0 Å². The molecule has 0 N–H and O–H groups in total. The third-order valence-electron chi connectivity index (χ3n) is 9.74. The lowest BCUT2D eigenvalue weighted by Gasteiger charge is -2.26. The highest BCUT2D eigenvalue weighted by atomic mass is 16.3. The normalized spacial score (nSPS) is 11.7. The second kappa shape index (κ2) is 11.0. The highest BCUT2D eigenvalue weighted by Crippen LogP contribution is 2.41. The van der Waals surface area contributed by atoms with Gasteiger partial charge in [-0.05, 0) is 94.7 Å². The smallest absolute Gasteiger partial charge is 0.136 e. The van der Waals surface area contributed by atoms with Crippen molar-refractivity contribution in [1.29, 1.82) is 0 Å². The van der Waals surface area contributed by atoms with Crippen LogP contribution in [0, 0.1) is 0 Å². The Morgan fingerprint density at radius 2 is 1.06 bits per heavy atom. The Morgan fingerprint density at radius 3 is 1.94 bits per heavy atom. The number of aromatic nitrogens is 1. The van der Waals surface area contributed by atoms with Gasteiger partial charge in [-0.3, -0.25) is 0 Å². The summed E-state index contributed by atoms with van der Waals surface area (Å²) in [7, 11) is 0. The Hall–Kier alpha value is -6.58. The summed E-state index contributed by atoms with van der Waals surface area (Å²) in [5.41, 5.74) is 10.9. The van der Waals surface area contributed by atoms with Gasteiger partial charge in [0, 0.05) is 44.3 Å². The van der Waals surface area contributed by atoms with Gasteiger partial charge in [0.05, 0.1) is 11.0 Å². The van der Waals surface area contributed by atoms with Crippen molar-refractivity contribution in [2.75, 3.05) is 4.90 Å². The van der Waals surface area contributed by atoms with Crippen LogP contribution in [0.15, 0.2) is 186 Å². The van der Waals surface area contributed by atoms with Crippen LogP contribution in [0.1, 0.15) is 0 Å². The monoisotopic (exact) mass is 626 g/mol. The van der Waals surface area contributed by atoms with Crippen molar-refractivity contribution in [3.8, 4) is 16.8 Å². The van der Waals surface area contributed by atoms with Crippen LogP contribution in [-0.2, 0) is 0 Å². The molecule has 49 heavy (non-hydrogen) atoms. The maximum atomic E-state index is 6.31. The Kier molecular flexibility index (Phi) is 6.18. The molecule has 8 aromatic carbocycles. The first-order valence-electron chi connectivity index (χ1n) is 16.7. The summed E-state index contributed by atoms with van der Waals surface area (Å²) in [6.07, 6.45) is 0. The number of hydrogen-bond acceptors (Lipinski definition) is 2. The molecule has 0 aliphatic rings. The van der Waals surface area contributed by atoms with Gasteiger partial charge >= 0.3 is 0 Å². The van der Waals surface area contributed by atoms with Gasteiger partial charge < -0.3 is 13.9 Å². The fraction of sp³-hybridized carbons (Fsp3) is 0. The van der Waals surface area contributed by atoms with Crippen LogP contribution >= 0.6 is 0 Å². The zero-order valence-electron chi connectivity index (χ0n) is 26.6. The summed E-state index contributed by atoms with van der Waals surface area (Å²) in [6.45, 7) is 0. The first-order chi connectivity index (χ1) is 24.3. The van der Waals surface area contributed by atoms with Crippen LogP contribution in [-0.4, -0.2) is 4.57 Å².